The first-order chi connectivity index (χ1) is 20.7. The van der Waals surface area contributed by atoms with Crippen molar-refractivity contribution in [3.05, 3.63) is 109 Å². The van der Waals surface area contributed by atoms with Gasteiger partial charge in [-0.15, -0.1) is 0 Å². The first-order valence-corrected chi connectivity index (χ1v) is 13.5. The largest absolute Gasteiger partial charge is 0.493 e. The summed E-state index contributed by atoms with van der Waals surface area (Å²) in [7, 11) is 4.37. The average Bonchev–Trinajstić information content (AvgIpc) is 3.35. The first kappa shape index (κ1) is 29.4. The molecule has 0 spiro atoms. The van der Waals surface area contributed by atoms with Gasteiger partial charge in [-0.2, -0.15) is 10.1 Å². The summed E-state index contributed by atoms with van der Waals surface area (Å²) >= 11 is 12.5. The van der Waals surface area contributed by atoms with Gasteiger partial charge in [-0.1, -0.05) is 47.5 Å². The van der Waals surface area contributed by atoms with Gasteiger partial charge in [0, 0.05) is 29.8 Å². The fourth-order valence-electron chi connectivity index (χ4n) is 4.26. The Balaban J connectivity index is 1.46. The van der Waals surface area contributed by atoms with Crippen LogP contribution in [0.3, 0.4) is 0 Å². The Bertz CT molecular complexity index is 1980. The Labute approximate surface area is 254 Å². The molecular formula is C29H25Cl2N7O5. The Morgan fingerprint density at radius 3 is 2.49 bits per heavy atom. The van der Waals surface area contributed by atoms with Crippen LogP contribution in [-0.2, 0) is 20.6 Å². The molecule has 5 rings (SSSR count). The van der Waals surface area contributed by atoms with Crippen molar-refractivity contribution >= 4 is 52.3 Å². The van der Waals surface area contributed by atoms with Crippen molar-refractivity contribution in [3.63, 3.8) is 0 Å². The molecule has 43 heavy (non-hydrogen) atoms. The summed E-state index contributed by atoms with van der Waals surface area (Å²) < 4.78 is 15.5. The van der Waals surface area contributed by atoms with Crippen LogP contribution >= 0.6 is 23.2 Å². The number of anilines is 1. The summed E-state index contributed by atoms with van der Waals surface area (Å²) in [5.41, 5.74) is 3.47. The molecule has 0 aliphatic heterocycles. The van der Waals surface area contributed by atoms with Crippen molar-refractivity contribution < 1.29 is 14.3 Å². The summed E-state index contributed by atoms with van der Waals surface area (Å²) in [6, 6.07) is 18.4. The molecule has 0 saturated heterocycles. The summed E-state index contributed by atoms with van der Waals surface area (Å²) in [6.45, 7) is 0.0963. The maximum Gasteiger partial charge on any atom is 0.339 e. The molecule has 12 nitrogen and oxygen atoms in total. The van der Waals surface area contributed by atoms with E-state index in [9.17, 15) is 14.4 Å². The fraction of sp³-hybridized carbons (Fsp3) is 0.138. The topological polar surface area (TPSA) is 134 Å². The van der Waals surface area contributed by atoms with Crippen LogP contribution in [0.5, 0.6) is 17.5 Å². The molecule has 2 amide bonds. The quantitative estimate of drug-likeness (QED) is 0.190. The summed E-state index contributed by atoms with van der Waals surface area (Å²) in [5, 5.41) is 7.48. The lowest BCUT2D eigenvalue weighted by Crippen LogP contribution is -2.37. The average molecular weight is 622 g/mol. The molecular weight excluding hydrogens is 597 g/mol. The zero-order valence-corrected chi connectivity index (χ0v) is 24.7. The zero-order chi connectivity index (χ0) is 30.7. The number of nitrogens with zero attached hydrogens (tertiary/aromatic N) is 5. The number of urea groups is 1. The van der Waals surface area contributed by atoms with Crippen LogP contribution in [0.25, 0.3) is 11.2 Å². The Morgan fingerprint density at radius 1 is 1.00 bits per heavy atom. The molecule has 2 N–H and O–H groups in total. The molecule has 3 aromatic carbocycles. The molecule has 0 unspecified atom stereocenters. The van der Waals surface area contributed by atoms with Gasteiger partial charge in [-0.25, -0.2) is 15.0 Å². The number of imidazole rings is 1. The van der Waals surface area contributed by atoms with E-state index in [-0.39, 0.29) is 29.5 Å². The third-order valence-corrected chi connectivity index (χ3v) is 7.04. The van der Waals surface area contributed by atoms with E-state index in [0.717, 1.165) is 4.57 Å². The SMILES string of the molecule is COc1cc(C=NNC(=O)Nc2ccccc2)ccc1Oc1nc2c(c(=O)n(C)c(=O)n2C)n1Cc1ccc(Cl)cc1Cl. The molecule has 0 aliphatic carbocycles. The van der Waals surface area contributed by atoms with Crippen LogP contribution in [0.4, 0.5) is 10.5 Å². The molecule has 5 aromatic rings. The van der Waals surface area contributed by atoms with Gasteiger partial charge >= 0.3 is 17.7 Å². The summed E-state index contributed by atoms with van der Waals surface area (Å²) in [6.07, 6.45) is 1.44. The number of carbonyl (C=O) groups is 1. The van der Waals surface area contributed by atoms with Crippen LogP contribution in [0.1, 0.15) is 11.1 Å². The number of ether oxygens (including phenoxy) is 2. The predicted molar refractivity (Wildman–Crippen MR) is 165 cm³/mol. The number of aryl methyl sites for hydroxylation is 1. The fourth-order valence-corrected chi connectivity index (χ4v) is 4.73. The van der Waals surface area contributed by atoms with Crippen LogP contribution in [0.2, 0.25) is 10.0 Å². The molecule has 2 aromatic heterocycles. The van der Waals surface area contributed by atoms with Gasteiger partial charge in [0.05, 0.1) is 19.9 Å². The smallest absolute Gasteiger partial charge is 0.339 e. The van der Waals surface area contributed by atoms with Crippen molar-refractivity contribution in [1.29, 1.82) is 0 Å². The van der Waals surface area contributed by atoms with E-state index in [1.54, 1.807) is 60.7 Å². The number of methoxy groups -OCH3 is 1. The number of fused-ring (bicyclic) bond motifs is 1. The summed E-state index contributed by atoms with van der Waals surface area (Å²) in [5.74, 6) is 0.595. The highest BCUT2D eigenvalue weighted by atomic mass is 35.5. The minimum Gasteiger partial charge on any atom is -0.493 e. The minimum atomic E-state index is -0.548. The van der Waals surface area contributed by atoms with Crippen molar-refractivity contribution in [1.82, 2.24) is 24.1 Å². The van der Waals surface area contributed by atoms with Crippen LogP contribution in [-0.4, -0.2) is 38.0 Å². The number of halogens is 2. The van der Waals surface area contributed by atoms with Gasteiger partial charge in [0.25, 0.3) is 5.56 Å². The van der Waals surface area contributed by atoms with E-state index < -0.39 is 17.3 Å². The molecule has 0 radical (unpaired) electrons. The van der Waals surface area contributed by atoms with Crippen LogP contribution in [0, 0.1) is 0 Å². The number of nitrogens with one attached hydrogen (secondary N) is 2. The highest BCUT2D eigenvalue weighted by Crippen LogP contribution is 2.34. The first-order valence-electron chi connectivity index (χ1n) is 12.8. The zero-order valence-electron chi connectivity index (χ0n) is 23.2. The molecule has 0 fully saturated rings. The van der Waals surface area contributed by atoms with E-state index in [4.69, 9.17) is 32.7 Å². The van der Waals surface area contributed by atoms with E-state index >= 15 is 0 Å². The summed E-state index contributed by atoms with van der Waals surface area (Å²) in [4.78, 5) is 42.5. The van der Waals surface area contributed by atoms with Gasteiger partial charge in [0.15, 0.2) is 22.7 Å². The standard InChI is InChI=1S/C29H25Cl2N7O5/c1-36-25-24(26(39)37(2)29(36)41)38(16-18-10-11-19(30)14-21(18)31)28(34-25)43-22-12-9-17(13-23(22)42-3)15-32-35-27(40)33-20-7-5-4-6-8-20/h4-15H,16H2,1-3H3,(H2,33,35,40). The number of hydrogen-bond acceptors (Lipinski definition) is 7. The lowest BCUT2D eigenvalue weighted by Gasteiger charge is -2.13. The monoisotopic (exact) mass is 621 g/mol. The van der Waals surface area contributed by atoms with Gasteiger partial charge in [-0.3, -0.25) is 18.5 Å². The van der Waals surface area contributed by atoms with E-state index in [0.29, 0.717) is 32.6 Å². The maximum atomic E-state index is 13.2. The van der Waals surface area contributed by atoms with Crippen molar-refractivity contribution in [2.24, 2.45) is 19.2 Å². The second-order valence-electron chi connectivity index (χ2n) is 9.30. The van der Waals surface area contributed by atoms with Gasteiger partial charge in [0.2, 0.25) is 0 Å². The van der Waals surface area contributed by atoms with Crippen LogP contribution in [0.15, 0.2) is 81.4 Å². The minimum absolute atomic E-state index is 0.0262. The molecule has 0 atom stereocenters. The predicted octanol–water partition coefficient (Wildman–Crippen LogP) is 4.75. The molecule has 220 valence electrons. The lowest BCUT2D eigenvalue weighted by atomic mass is 10.2. The number of rotatable bonds is 8. The van der Waals surface area contributed by atoms with Crippen molar-refractivity contribution in [3.8, 4) is 17.5 Å². The van der Waals surface area contributed by atoms with Gasteiger partial charge in [-0.05, 0) is 53.6 Å². The molecule has 0 aliphatic rings. The molecule has 0 bridgehead atoms. The van der Waals surface area contributed by atoms with Crippen LogP contribution < -0.4 is 31.5 Å². The van der Waals surface area contributed by atoms with E-state index in [1.165, 1.54) is 36.6 Å². The van der Waals surface area contributed by atoms with Crippen molar-refractivity contribution in [2.75, 3.05) is 12.4 Å². The number of aromatic nitrogens is 4. The third-order valence-electron chi connectivity index (χ3n) is 6.46. The third kappa shape index (κ3) is 6.25. The number of benzene rings is 3. The Morgan fingerprint density at radius 2 is 1.77 bits per heavy atom. The normalized spacial score (nSPS) is 11.2. The Hall–Kier alpha value is -5.07. The molecule has 0 saturated carbocycles. The number of carbonyl (C=O) groups excluding carboxylic acids is 1. The highest BCUT2D eigenvalue weighted by molar-refractivity contribution is 6.35. The van der Waals surface area contributed by atoms with E-state index in [2.05, 4.69) is 20.8 Å². The van der Waals surface area contributed by atoms with Gasteiger partial charge < -0.3 is 14.8 Å². The second kappa shape index (κ2) is 12.4. The highest BCUT2D eigenvalue weighted by Gasteiger charge is 2.22. The molecule has 14 heteroatoms. The number of para-hydroxylation sites is 1. The van der Waals surface area contributed by atoms with Crippen molar-refractivity contribution in [2.45, 2.75) is 6.54 Å². The lowest BCUT2D eigenvalue weighted by molar-refractivity contribution is 0.252. The Kier molecular flexibility index (Phi) is 8.51. The number of amides is 2. The maximum absolute atomic E-state index is 13.2. The van der Waals surface area contributed by atoms with Gasteiger partial charge in [0.1, 0.15) is 0 Å². The number of hydrogen-bond donors (Lipinski definition) is 2. The molecule has 2 heterocycles. The second-order valence-corrected chi connectivity index (χ2v) is 10.1. The van der Waals surface area contributed by atoms with E-state index in [1.807, 2.05) is 6.07 Å². The number of hydrazone groups is 1.